The lowest BCUT2D eigenvalue weighted by Crippen LogP contribution is -2.43. The van der Waals surface area contributed by atoms with Crippen LogP contribution in [-0.2, 0) is 9.59 Å². The van der Waals surface area contributed by atoms with Crippen molar-refractivity contribution >= 4 is 11.9 Å². The number of alkyl halides is 2. The van der Waals surface area contributed by atoms with Crippen molar-refractivity contribution in [1.29, 1.82) is 0 Å². The summed E-state index contributed by atoms with van der Waals surface area (Å²) >= 11 is 0. The van der Waals surface area contributed by atoms with E-state index in [1.54, 1.807) is 0 Å². The van der Waals surface area contributed by atoms with Crippen molar-refractivity contribution in [2.24, 2.45) is 11.3 Å². The van der Waals surface area contributed by atoms with Crippen LogP contribution in [0.25, 0.3) is 0 Å². The molecule has 0 heterocycles. The van der Waals surface area contributed by atoms with Crippen LogP contribution in [-0.4, -0.2) is 28.9 Å². The maximum absolute atomic E-state index is 13.0. The molecule has 0 spiro atoms. The Morgan fingerprint density at radius 2 is 1.72 bits per heavy atom. The van der Waals surface area contributed by atoms with Crippen molar-refractivity contribution in [3.05, 3.63) is 0 Å². The van der Waals surface area contributed by atoms with E-state index in [1.807, 2.05) is 0 Å². The van der Waals surface area contributed by atoms with Gasteiger partial charge >= 0.3 is 5.97 Å². The SMILES string of the molecule is CC1(C(=O)NC2CCC(C(=O)O)CC2)CC1(F)F. The monoisotopic (exact) mass is 261 g/mol. The Hall–Kier alpha value is -1.20. The van der Waals surface area contributed by atoms with Crippen LogP contribution in [0.15, 0.2) is 0 Å². The van der Waals surface area contributed by atoms with Crippen molar-refractivity contribution in [1.82, 2.24) is 5.32 Å². The Kier molecular flexibility index (Phi) is 3.07. The molecule has 2 N–H and O–H groups in total. The first-order chi connectivity index (χ1) is 8.26. The lowest BCUT2D eigenvalue weighted by molar-refractivity contribution is -0.142. The second-order valence-corrected chi connectivity index (χ2v) is 5.57. The molecule has 1 unspecified atom stereocenters. The van der Waals surface area contributed by atoms with Crippen LogP contribution in [0, 0.1) is 11.3 Å². The molecule has 2 rings (SSSR count). The van der Waals surface area contributed by atoms with Gasteiger partial charge in [0.25, 0.3) is 5.92 Å². The molecule has 1 amide bonds. The molecule has 6 heteroatoms. The van der Waals surface area contributed by atoms with Crippen LogP contribution in [0.4, 0.5) is 8.78 Å². The van der Waals surface area contributed by atoms with Crippen molar-refractivity contribution < 1.29 is 23.5 Å². The number of rotatable bonds is 3. The third kappa shape index (κ3) is 2.20. The van der Waals surface area contributed by atoms with Crippen molar-refractivity contribution in [2.45, 2.75) is 51.0 Å². The smallest absolute Gasteiger partial charge is 0.306 e. The van der Waals surface area contributed by atoms with Crippen LogP contribution in [0.2, 0.25) is 0 Å². The summed E-state index contributed by atoms with van der Waals surface area (Å²) in [6, 6.07) is -0.165. The van der Waals surface area contributed by atoms with E-state index in [2.05, 4.69) is 5.32 Å². The second kappa shape index (κ2) is 4.17. The van der Waals surface area contributed by atoms with Crippen LogP contribution in [0.1, 0.15) is 39.0 Å². The van der Waals surface area contributed by atoms with E-state index in [0.29, 0.717) is 25.7 Å². The second-order valence-electron chi connectivity index (χ2n) is 5.57. The van der Waals surface area contributed by atoms with E-state index in [4.69, 9.17) is 5.11 Å². The van der Waals surface area contributed by atoms with Gasteiger partial charge in [-0.3, -0.25) is 9.59 Å². The van der Waals surface area contributed by atoms with Gasteiger partial charge in [0, 0.05) is 12.5 Å². The average molecular weight is 261 g/mol. The fraction of sp³-hybridized carbons (Fsp3) is 0.833. The number of hydrogen-bond donors (Lipinski definition) is 2. The van der Waals surface area contributed by atoms with Gasteiger partial charge in [-0.25, -0.2) is 8.78 Å². The Morgan fingerprint density at radius 3 is 2.11 bits per heavy atom. The Labute approximate surface area is 104 Å². The van der Waals surface area contributed by atoms with Gasteiger partial charge in [0.1, 0.15) is 5.41 Å². The molecule has 0 aromatic carbocycles. The zero-order chi connectivity index (χ0) is 13.6. The molecule has 1 atom stereocenters. The molecule has 18 heavy (non-hydrogen) atoms. The maximum Gasteiger partial charge on any atom is 0.306 e. The third-order valence-corrected chi connectivity index (χ3v) is 4.17. The molecule has 2 fully saturated rings. The first kappa shape index (κ1) is 13.2. The summed E-state index contributed by atoms with van der Waals surface area (Å²) in [7, 11) is 0. The molecule has 0 aliphatic heterocycles. The summed E-state index contributed by atoms with van der Waals surface area (Å²) in [5.41, 5.74) is -1.56. The summed E-state index contributed by atoms with van der Waals surface area (Å²) < 4.78 is 26.0. The van der Waals surface area contributed by atoms with Gasteiger partial charge in [0.15, 0.2) is 0 Å². The van der Waals surface area contributed by atoms with Crippen molar-refractivity contribution in [3.63, 3.8) is 0 Å². The van der Waals surface area contributed by atoms with Crippen LogP contribution in [0.3, 0.4) is 0 Å². The number of amides is 1. The summed E-state index contributed by atoms with van der Waals surface area (Å²) in [4.78, 5) is 22.5. The highest BCUT2D eigenvalue weighted by molar-refractivity contribution is 5.87. The highest BCUT2D eigenvalue weighted by Crippen LogP contribution is 2.60. The van der Waals surface area contributed by atoms with Crippen molar-refractivity contribution in [3.8, 4) is 0 Å². The van der Waals surface area contributed by atoms with Crippen molar-refractivity contribution in [2.75, 3.05) is 0 Å². The summed E-state index contributed by atoms with van der Waals surface area (Å²) in [6.45, 7) is 1.27. The number of carbonyl (C=O) groups excluding carboxylic acids is 1. The van der Waals surface area contributed by atoms with Gasteiger partial charge in [-0.05, 0) is 32.6 Å². The predicted octanol–water partition coefficient (Wildman–Crippen LogP) is 1.79. The van der Waals surface area contributed by atoms with Crippen LogP contribution < -0.4 is 5.32 Å². The molecule has 4 nitrogen and oxygen atoms in total. The molecule has 0 aromatic heterocycles. The van der Waals surface area contributed by atoms with E-state index in [1.165, 1.54) is 6.92 Å². The minimum Gasteiger partial charge on any atom is -0.481 e. The number of aliphatic carboxylic acids is 1. The van der Waals surface area contributed by atoms with E-state index in [9.17, 15) is 18.4 Å². The van der Waals surface area contributed by atoms with Gasteiger partial charge in [-0.2, -0.15) is 0 Å². The predicted molar refractivity (Wildman–Crippen MR) is 59.2 cm³/mol. The van der Waals surface area contributed by atoms with Gasteiger partial charge in [-0.1, -0.05) is 0 Å². The lowest BCUT2D eigenvalue weighted by Gasteiger charge is -2.27. The standard InChI is InChI=1S/C12H17F2NO3/c1-11(6-12(11,13)14)10(18)15-8-4-2-7(3-5-8)9(16)17/h7-8H,2-6H2,1H3,(H,15,18)(H,16,17). The number of halogens is 2. The van der Waals surface area contributed by atoms with Gasteiger partial charge in [0.2, 0.25) is 5.91 Å². The molecule has 0 radical (unpaired) electrons. The third-order valence-electron chi connectivity index (χ3n) is 4.17. The number of carboxylic acid groups (broad SMARTS) is 1. The Bertz CT molecular complexity index is 378. The van der Waals surface area contributed by atoms with E-state index < -0.39 is 29.6 Å². The largest absolute Gasteiger partial charge is 0.481 e. The number of nitrogens with one attached hydrogen (secondary N) is 1. The molecule has 0 saturated heterocycles. The molecular formula is C12H17F2NO3. The zero-order valence-electron chi connectivity index (χ0n) is 10.2. The maximum atomic E-state index is 13.0. The van der Waals surface area contributed by atoms with Crippen LogP contribution >= 0.6 is 0 Å². The van der Waals surface area contributed by atoms with Crippen LogP contribution in [0.5, 0.6) is 0 Å². The molecule has 2 saturated carbocycles. The van der Waals surface area contributed by atoms with E-state index >= 15 is 0 Å². The minimum absolute atomic E-state index is 0.165. The lowest BCUT2D eigenvalue weighted by atomic mass is 9.86. The summed E-state index contributed by atoms with van der Waals surface area (Å²) in [5, 5.41) is 11.5. The highest BCUT2D eigenvalue weighted by Gasteiger charge is 2.72. The molecule has 0 bridgehead atoms. The number of carboxylic acids is 1. The van der Waals surface area contributed by atoms with E-state index in [0.717, 1.165) is 0 Å². The molecule has 2 aliphatic carbocycles. The first-order valence-electron chi connectivity index (χ1n) is 6.18. The Balaban J connectivity index is 1.82. The molecule has 102 valence electrons. The zero-order valence-corrected chi connectivity index (χ0v) is 10.2. The summed E-state index contributed by atoms with van der Waals surface area (Å²) in [5.74, 6) is -4.68. The topological polar surface area (TPSA) is 66.4 Å². The first-order valence-corrected chi connectivity index (χ1v) is 6.18. The minimum atomic E-state index is -2.89. The number of carbonyl (C=O) groups is 2. The number of hydrogen-bond acceptors (Lipinski definition) is 2. The normalized spacial score (nSPS) is 37.9. The fourth-order valence-electron chi connectivity index (χ4n) is 2.48. The average Bonchev–Trinajstić information content (AvgIpc) is 2.80. The highest BCUT2D eigenvalue weighted by atomic mass is 19.3. The summed E-state index contributed by atoms with van der Waals surface area (Å²) in [6.07, 6.45) is 1.69. The van der Waals surface area contributed by atoms with Gasteiger partial charge in [-0.15, -0.1) is 0 Å². The van der Waals surface area contributed by atoms with Gasteiger partial charge in [0.05, 0.1) is 5.92 Å². The molecular weight excluding hydrogens is 244 g/mol. The molecule has 2 aliphatic rings. The Morgan fingerprint density at radius 1 is 1.22 bits per heavy atom. The fourth-order valence-corrected chi connectivity index (χ4v) is 2.48. The quantitative estimate of drug-likeness (QED) is 0.814. The van der Waals surface area contributed by atoms with Gasteiger partial charge < -0.3 is 10.4 Å². The molecule has 0 aromatic rings. The van der Waals surface area contributed by atoms with E-state index in [-0.39, 0.29) is 12.0 Å².